The van der Waals surface area contributed by atoms with Gasteiger partial charge in [-0.25, -0.2) is 4.79 Å². The van der Waals surface area contributed by atoms with Crippen molar-refractivity contribution in [1.82, 2.24) is 0 Å². The van der Waals surface area contributed by atoms with Crippen LogP contribution in [0.3, 0.4) is 0 Å². The molecule has 5 nitrogen and oxygen atoms in total. The summed E-state index contributed by atoms with van der Waals surface area (Å²) in [6, 6.07) is 4.00. The van der Waals surface area contributed by atoms with Crippen molar-refractivity contribution in [2.45, 2.75) is 52.6 Å². The number of benzene rings is 1. The van der Waals surface area contributed by atoms with E-state index in [-0.39, 0.29) is 0 Å². The van der Waals surface area contributed by atoms with E-state index in [1.807, 2.05) is 26.0 Å². The Morgan fingerprint density at radius 2 is 1.95 bits per heavy atom. The number of methoxy groups -OCH3 is 1. The first-order valence-corrected chi connectivity index (χ1v) is 7.46. The molecule has 0 radical (unpaired) electrons. The van der Waals surface area contributed by atoms with Gasteiger partial charge in [0, 0.05) is 5.56 Å². The molecule has 1 aliphatic rings. The Hall–Kier alpha value is -1.59. The first kappa shape index (κ1) is 16.8. The second kappa shape index (κ2) is 6.26. The highest BCUT2D eigenvalue weighted by Crippen LogP contribution is 2.43. The van der Waals surface area contributed by atoms with E-state index in [9.17, 15) is 4.79 Å². The summed E-state index contributed by atoms with van der Waals surface area (Å²) in [7, 11) is 1.61. The van der Waals surface area contributed by atoms with Crippen molar-refractivity contribution in [3.63, 3.8) is 0 Å². The Bertz CT molecular complexity index is 564. The number of carbonyl (C=O) groups excluding carboxylic acids is 1. The van der Waals surface area contributed by atoms with Crippen LogP contribution in [0, 0.1) is 13.8 Å². The van der Waals surface area contributed by atoms with Gasteiger partial charge in [0.2, 0.25) is 0 Å². The first-order valence-electron chi connectivity index (χ1n) is 7.46. The number of hydrogen-bond donors (Lipinski definition) is 0. The molecule has 1 fully saturated rings. The maximum Gasteiger partial charge on any atom is 0.338 e. The average molecular weight is 308 g/mol. The smallest absolute Gasteiger partial charge is 0.338 e. The van der Waals surface area contributed by atoms with Gasteiger partial charge in [-0.2, -0.15) is 0 Å². The lowest BCUT2D eigenvalue weighted by Gasteiger charge is -2.21. The molecule has 2 rings (SSSR count). The van der Waals surface area contributed by atoms with Crippen molar-refractivity contribution in [1.29, 1.82) is 0 Å². The molecule has 1 aromatic rings. The molecular weight excluding hydrogens is 284 g/mol. The number of ether oxygens (including phenoxy) is 4. The van der Waals surface area contributed by atoms with E-state index in [0.29, 0.717) is 12.4 Å². The summed E-state index contributed by atoms with van der Waals surface area (Å²) in [5.41, 5.74) is 2.88. The van der Waals surface area contributed by atoms with Crippen LogP contribution in [-0.2, 0) is 19.0 Å². The Morgan fingerprint density at radius 1 is 1.27 bits per heavy atom. The molecule has 1 heterocycles. The summed E-state index contributed by atoms with van der Waals surface area (Å²) in [5, 5.41) is 0. The summed E-state index contributed by atoms with van der Waals surface area (Å²) in [4.78, 5) is 12.2. The lowest BCUT2D eigenvalue weighted by molar-refractivity contribution is -0.170. The summed E-state index contributed by atoms with van der Waals surface area (Å²) >= 11 is 0. The van der Waals surface area contributed by atoms with Gasteiger partial charge in [0.1, 0.15) is 11.9 Å². The van der Waals surface area contributed by atoms with Crippen LogP contribution in [0.5, 0.6) is 5.75 Å². The van der Waals surface area contributed by atoms with Gasteiger partial charge in [-0.1, -0.05) is 11.6 Å². The van der Waals surface area contributed by atoms with E-state index in [2.05, 4.69) is 0 Å². The summed E-state index contributed by atoms with van der Waals surface area (Å²) < 4.78 is 22.4. The standard InChI is InChI=1S/C17H24O5/c1-7-20-16(18)15-14(21-17(4,5)22-15)12-9-10(2)8-11(3)13(12)19-6/h8-9,14-15H,7H2,1-6H3/t14-,15+/m1/s1. The van der Waals surface area contributed by atoms with E-state index in [0.717, 1.165) is 16.7 Å². The molecule has 0 unspecified atom stereocenters. The van der Waals surface area contributed by atoms with Gasteiger partial charge in [-0.3, -0.25) is 0 Å². The second-order valence-corrected chi connectivity index (χ2v) is 5.93. The van der Waals surface area contributed by atoms with E-state index >= 15 is 0 Å². The number of aryl methyl sites for hydroxylation is 2. The highest BCUT2D eigenvalue weighted by atomic mass is 16.8. The SMILES string of the molecule is CCOC(=O)[C@H]1OC(C)(C)O[C@@H]1c1cc(C)cc(C)c1OC. The van der Waals surface area contributed by atoms with Gasteiger partial charge in [0.25, 0.3) is 0 Å². The number of carbonyl (C=O) groups is 1. The molecule has 0 bridgehead atoms. The minimum atomic E-state index is -0.856. The minimum Gasteiger partial charge on any atom is -0.496 e. The average Bonchev–Trinajstić information content (AvgIpc) is 2.74. The van der Waals surface area contributed by atoms with Crippen molar-refractivity contribution >= 4 is 5.97 Å². The van der Waals surface area contributed by atoms with Crippen LogP contribution in [0.1, 0.15) is 43.6 Å². The Kier molecular flexibility index (Phi) is 4.78. The minimum absolute atomic E-state index is 0.301. The van der Waals surface area contributed by atoms with Crippen molar-refractivity contribution < 1.29 is 23.7 Å². The molecule has 1 aromatic carbocycles. The molecule has 1 saturated heterocycles. The Balaban J connectivity index is 2.46. The van der Waals surface area contributed by atoms with Crippen LogP contribution < -0.4 is 4.74 Å². The zero-order valence-electron chi connectivity index (χ0n) is 14.1. The number of hydrogen-bond acceptors (Lipinski definition) is 5. The molecule has 122 valence electrons. The molecular formula is C17H24O5. The van der Waals surface area contributed by atoms with Crippen LogP contribution in [0.15, 0.2) is 12.1 Å². The number of rotatable bonds is 4. The van der Waals surface area contributed by atoms with Crippen LogP contribution in [0.25, 0.3) is 0 Å². The van der Waals surface area contributed by atoms with Gasteiger partial charge in [0.05, 0.1) is 13.7 Å². The maximum atomic E-state index is 12.2. The molecule has 0 aliphatic carbocycles. The van der Waals surface area contributed by atoms with Gasteiger partial charge in [0.15, 0.2) is 11.9 Å². The molecule has 0 spiro atoms. The molecule has 2 atom stereocenters. The Labute approximate surface area is 131 Å². The monoisotopic (exact) mass is 308 g/mol. The fourth-order valence-corrected chi connectivity index (χ4v) is 2.86. The predicted octanol–water partition coefficient (Wildman–Crippen LogP) is 3.07. The summed E-state index contributed by atoms with van der Waals surface area (Å²) in [5.74, 6) is -0.560. The molecule has 0 N–H and O–H groups in total. The molecule has 5 heteroatoms. The zero-order valence-corrected chi connectivity index (χ0v) is 14.1. The lowest BCUT2D eigenvalue weighted by Crippen LogP contribution is -2.30. The maximum absolute atomic E-state index is 12.2. The summed E-state index contributed by atoms with van der Waals surface area (Å²) in [6.45, 7) is 9.61. The highest BCUT2D eigenvalue weighted by molar-refractivity contribution is 5.76. The number of esters is 1. The van der Waals surface area contributed by atoms with Crippen LogP contribution >= 0.6 is 0 Å². The molecule has 0 amide bonds. The van der Waals surface area contributed by atoms with Gasteiger partial charge in [-0.05, 0) is 46.2 Å². The third-order valence-electron chi connectivity index (χ3n) is 3.57. The lowest BCUT2D eigenvalue weighted by atomic mass is 9.98. The van der Waals surface area contributed by atoms with Crippen molar-refractivity contribution in [2.75, 3.05) is 13.7 Å². The quantitative estimate of drug-likeness (QED) is 0.800. The van der Waals surface area contributed by atoms with Crippen molar-refractivity contribution in [3.8, 4) is 5.75 Å². The van der Waals surface area contributed by atoms with E-state index < -0.39 is 24.0 Å². The normalized spacial score (nSPS) is 23.4. The second-order valence-electron chi connectivity index (χ2n) is 5.93. The largest absolute Gasteiger partial charge is 0.496 e. The van der Waals surface area contributed by atoms with Gasteiger partial charge in [-0.15, -0.1) is 0 Å². The van der Waals surface area contributed by atoms with E-state index in [1.54, 1.807) is 27.9 Å². The fraction of sp³-hybridized carbons (Fsp3) is 0.588. The van der Waals surface area contributed by atoms with E-state index in [4.69, 9.17) is 18.9 Å². The van der Waals surface area contributed by atoms with E-state index in [1.165, 1.54) is 0 Å². The van der Waals surface area contributed by atoms with Crippen molar-refractivity contribution in [2.24, 2.45) is 0 Å². The van der Waals surface area contributed by atoms with Crippen LogP contribution in [0.4, 0.5) is 0 Å². The highest BCUT2D eigenvalue weighted by Gasteiger charge is 2.48. The summed E-state index contributed by atoms with van der Waals surface area (Å²) in [6.07, 6.45) is -1.35. The molecule has 22 heavy (non-hydrogen) atoms. The van der Waals surface area contributed by atoms with Gasteiger partial charge < -0.3 is 18.9 Å². The first-order chi connectivity index (χ1) is 10.3. The van der Waals surface area contributed by atoms with Crippen molar-refractivity contribution in [3.05, 3.63) is 28.8 Å². The molecule has 1 aliphatic heterocycles. The predicted molar refractivity (Wildman–Crippen MR) is 81.9 cm³/mol. The van der Waals surface area contributed by atoms with Crippen LogP contribution in [0.2, 0.25) is 0 Å². The third kappa shape index (κ3) is 3.25. The fourth-order valence-electron chi connectivity index (χ4n) is 2.86. The van der Waals surface area contributed by atoms with Crippen LogP contribution in [-0.4, -0.2) is 31.6 Å². The Morgan fingerprint density at radius 3 is 2.55 bits per heavy atom. The topological polar surface area (TPSA) is 54.0 Å². The van der Waals surface area contributed by atoms with Gasteiger partial charge >= 0.3 is 5.97 Å². The zero-order chi connectivity index (χ0) is 16.5. The molecule has 0 saturated carbocycles. The third-order valence-corrected chi connectivity index (χ3v) is 3.57. The molecule has 0 aromatic heterocycles.